The van der Waals surface area contributed by atoms with Gasteiger partial charge in [-0.3, -0.25) is 14.4 Å². The molecule has 134 valence electrons. The number of carbonyl (C=O) groups is 1. The molecule has 3 aromatic rings. The van der Waals surface area contributed by atoms with Crippen LogP contribution < -0.4 is 16.4 Å². The second-order valence-corrected chi connectivity index (χ2v) is 6.32. The molecule has 1 heterocycles. The number of amides is 1. The molecular weight excluding hydrogens is 330 g/mol. The van der Waals surface area contributed by atoms with Gasteiger partial charge in [0.25, 0.3) is 0 Å². The fourth-order valence-corrected chi connectivity index (χ4v) is 2.88. The maximum atomic E-state index is 12.3. The summed E-state index contributed by atoms with van der Waals surface area (Å²) in [4.78, 5) is 36.6. The van der Waals surface area contributed by atoms with Crippen molar-refractivity contribution in [2.45, 2.75) is 26.4 Å². The number of benzene rings is 2. The monoisotopic (exact) mass is 351 g/mol. The maximum absolute atomic E-state index is 12.3. The lowest BCUT2D eigenvalue weighted by atomic mass is 10.1. The Kier molecular flexibility index (Phi) is 5.02. The normalized spacial score (nSPS) is 10.8. The highest BCUT2D eigenvalue weighted by Crippen LogP contribution is 2.09. The standard InChI is InChI=1S/C20H21N3O3/c1-14-7-9-15(10-8-14)13-21-18(24)11-12-23-17-6-4-3-5-16(17)22(2)19(25)20(23)26/h3-10H,11-13H2,1-2H3,(H,21,24). The predicted octanol–water partition coefficient (Wildman–Crippen LogP) is 1.72. The highest BCUT2D eigenvalue weighted by Gasteiger charge is 2.11. The fraction of sp³-hybridized carbons (Fsp3) is 0.250. The van der Waals surface area contributed by atoms with Crippen molar-refractivity contribution in [1.29, 1.82) is 0 Å². The zero-order chi connectivity index (χ0) is 18.7. The number of rotatable bonds is 5. The number of carbonyl (C=O) groups excluding carboxylic acids is 1. The van der Waals surface area contributed by atoms with Crippen molar-refractivity contribution in [1.82, 2.24) is 14.5 Å². The van der Waals surface area contributed by atoms with Gasteiger partial charge in [-0.25, -0.2) is 0 Å². The van der Waals surface area contributed by atoms with Gasteiger partial charge in [-0.05, 0) is 24.6 Å². The summed E-state index contributed by atoms with van der Waals surface area (Å²) >= 11 is 0. The summed E-state index contributed by atoms with van der Waals surface area (Å²) in [6.07, 6.45) is 0.128. The molecule has 0 saturated heterocycles. The van der Waals surface area contributed by atoms with Gasteiger partial charge in [0, 0.05) is 26.6 Å². The quantitative estimate of drug-likeness (QED) is 0.711. The third-order valence-electron chi connectivity index (χ3n) is 4.44. The van der Waals surface area contributed by atoms with Crippen LogP contribution in [0.25, 0.3) is 11.0 Å². The molecule has 26 heavy (non-hydrogen) atoms. The Labute approximate surface area is 150 Å². The fourth-order valence-electron chi connectivity index (χ4n) is 2.88. The predicted molar refractivity (Wildman–Crippen MR) is 101 cm³/mol. The van der Waals surface area contributed by atoms with Crippen molar-refractivity contribution in [3.05, 3.63) is 80.4 Å². The molecular formula is C20H21N3O3. The zero-order valence-electron chi connectivity index (χ0n) is 14.9. The first kappa shape index (κ1) is 17.7. The van der Waals surface area contributed by atoms with Crippen molar-refractivity contribution >= 4 is 16.9 Å². The largest absolute Gasteiger partial charge is 0.352 e. The van der Waals surface area contributed by atoms with Crippen LogP contribution >= 0.6 is 0 Å². The minimum atomic E-state index is -0.613. The average molecular weight is 351 g/mol. The Hall–Kier alpha value is -3.15. The van der Waals surface area contributed by atoms with E-state index in [0.29, 0.717) is 17.6 Å². The van der Waals surface area contributed by atoms with Gasteiger partial charge in [-0.15, -0.1) is 0 Å². The molecule has 0 fully saturated rings. The van der Waals surface area contributed by atoms with Crippen LogP contribution in [0.5, 0.6) is 0 Å². The van der Waals surface area contributed by atoms with Gasteiger partial charge in [0.1, 0.15) is 0 Å². The summed E-state index contributed by atoms with van der Waals surface area (Å²) in [5, 5.41) is 2.84. The van der Waals surface area contributed by atoms with Crippen molar-refractivity contribution in [3.8, 4) is 0 Å². The smallest absolute Gasteiger partial charge is 0.316 e. The minimum Gasteiger partial charge on any atom is -0.352 e. The number of hydrogen-bond donors (Lipinski definition) is 1. The Morgan fingerprint density at radius 3 is 2.31 bits per heavy atom. The first-order chi connectivity index (χ1) is 12.5. The van der Waals surface area contributed by atoms with E-state index in [1.807, 2.05) is 37.3 Å². The molecule has 0 unspecified atom stereocenters. The summed E-state index contributed by atoms with van der Waals surface area (Å²) in [5.41, 5.74) is 2.28. The topological polar surface area (TPSA) is 73.1 Å². The summed E-state index contributed by atoms with van der Waals surface area (Å²) in [6, 6.07) is 15.1. The van der Waals surface area contributed by atoms with Crippen molar-refractivity contribution in [2.75, 3.05) is 0 Å². The minimum absolute atomic E-state index is 0.128. The SMILES string of the molecule is Cc1ccc(CNC(=O)CCn2c(=O)c(=O)n(C)c3ccccc32)cc1. The first-order valence-electron chi connectivity index (χ1n) is 8.48. The van der Waals surface area contributed by atoms with Gasteiger partial charge in [-0.2, -0.15) is 0 Å². The number of hydrogen-bond acceptors (Lipinski definition) is 3. The van der Waals surface area contributed by atoms with E-state index in [1.165, 1.54) is 9.13 Å². The van der Waals surface area contributed by atoms with Crippen LogP contribution in [0.2, 0.25) is 0 Å². The summed E-state index contributed by atoms with van der Waals surface area (Å²) in [6.45, 7) is 2.61. The first-order valence-corrected chi connectivity index (χ1v) is 8.48. The van der Waals surface area contributed by atoms with Gasteiger partial charge in [-0.1, -0.05) is 42.0 Å². The van der Waals surface area contributed by atoms with E-state index < -0.39 is 11.1 Å². The molecule has 6 heteroatoms. The number of para-hydroxylation sites is 2. The van der Waals surface area contributed by atoms with Crippen molar-refractivity contribution in [3.63, 3.8) is 0 Å². The third-order valence-corrected chi connectivity index (χ3v) is 4.44. The van der Waals surface area contributed by atoms with E-state index in [2.05, 4.69) is 5.32 Å². The van der Waals surface area contributed by atoms with Crippen LogP contribution in [0.3, 0.4) is 0 Å². The molecule has 1 N–H and O–H groups in total. The van der Waals surface area contributed by atoms with E-state index in [0.717, 1.165) is 11.1 Å². The Morgan fingerprint density at radius 1 is 0.962 bits per heavy atom. The number of nitrogens with zero attached hydrogens (tertiary/aromatic N) is 2. The van der Waals surface area contributed by atoms with E-state index in [-0.39, 0.29) is 18.9 Å². The number of nitrogens with one attached hydrogen (secondary N) is 1. The van der Waals surface area contributed by atoms with Crippen LogP contribution in [0.15, 0.2) is 58.1 Å². The molecule has 6 nitrogen and oxygen atoms in total. The summed E-state index contributed by atoms with van der Waals surface area (Å²) in [7, 11) is 1.57. The van der Waals surface area contributed by atoms with Gasteiger partial charge in [0.05, 0.1) is 11.0 Å². The Balaban J connectivity index is 1.73. The van der Waals surface area contributed by atoms with E-state index >= 15 is 0 Å². The van der Waals surface area contributed by atoms with Crippen LogP contribution in [-0.2, 0) is 24.9 Å². The molecule has 2 aromatic carbocycles. The molecule has 3 rings (SSSR count). The van der Waals surface area contributed by atoms with Crippen molar-refractivity contribution < 1.29 is 4.79 Å². The molecule has 0 radical (unpaired) electrons. The highest BCUT2D eigenvalue weighted by molar-refractivity contribution is 5.77. The molecule has 0 aliphatic carbocycles. The molecule has 0 spiro atoms. The highest BCUT2D eigenvalue weighted by atomic mass is 16.2. The third kappa shape index (κ3) is 3.59. The van der Waals surface area contributed by atoms with Crippen molar-refractivity contribution in [2.24, 2.45) is 7.05 Å². The van der Waals surface area contributed by atoms with Gasteiger partial charge < -0.3 is 14.5 Å². The lowest BCUT2D eigenvalue weighted by Gasteiger charge is -2.12. The lowest BCUT2D eigenvalue weighted by Crippen LogP contribution is -2.41. The van der Waals surface area contributed by atoms with Crippen LogP contribution in [-0.4, -0.2) is 15.0 Å². The number of aromatic nitrogens is 2. The van der Waals surface area contributed by atoms with Crippen LogP contribution in [0.4, 0.5) is 0 Å². The maximum Gasteiger partial charge on any atom is 0.316 e. The number of aryl methyl sites for hydroxylation is 3. The number of fused-ring (bicyclic) bond motifs is 1. The van der Waals surface area contributed by atoms with E-state index in [9.17, 15) is 14.4 Å². The Bertz CT molecular complexity index is 1060. The molecule has 0 saturated carbocycles. The Morgan fingerprint density at radius 2 is 1.62 bits per heavy atom. The summed E-state index contributed by atoms with van der Waals surface area (Å²) < 4.78 is 2.72. The van der Waals surface area contributed by atoms with Gasteiger partial charge >= 0.3 is 11.1 Å². The van der Waals surface area contributed by atoms with E-state index in [4.69, 9.17) is 0 Å². The summed E-state index contributed by atoms with van der Waals surface area (Å²) in [5.74, 6) is -0.165. The van der Waals surface area contributed by atoms with Crippen LogP contribution in [0, 0.1) is 6.92 Å². The average Bonchev–Trinajstić information content (AvgIpc) is 2.66. The molecule has 0 bridgehead atoms. The van der Waals surface area contributed by atoms with E-state index in [1.54, 1.807) is 25.2 Å². The second kappa shape index (κ2) is 7.39. The molecule has 1 aromatic heterocycles. The molecule has 0 aliphatic heterocycles. The van der Waals surface area contributed by atoms with Gasteiger partial charge in [0.15, 0.2) is 0 Å². The lowest BCUT2D eigenvalue weighted by molar-refractivity contribution is -0.121. The molecule has 0 atom stereocenters. The molecule has 1 amide bonds. The zero-order valence-corrected chi connectivity index (χ0v) is 14.9. The molecule has 0 aliphatic rings. The van der Waals surface area contributed by atoms with Gasteiger partial charge in [0.2, 0.25) is 5.91 Å². The second-order valence-electron chi connectivity index (χ2n) is 6.32. The van der Waals surface area contributed by atoms with Crippen LogP contribution in [0.1, 0.15) is 17.5 Å².